The fourth-order valence-electron chi connectivity index (χ4n) is 2.12. The van der Waals surface area contributed by atoms with Gasteiger partial charge in [0.2, 0.25) is 0 Å². The first-order chi connectivity index (χ1) is 13.8. The predicted octanol–water partition coefficient (Wildman–Crippen LogP) is 3.85. The maximum absolute atomic E-state index is 13.2. The van der Waals surface area contributed by atoms with E-state index in [1.807, 2.05) is 37.3 Å². The Kier molecular flexibility index (Phi) is 10.9. The van der Waals surface area contributed by atoms with E-state index in [2.05, 4.69) is 21.6 Å². The number of aryl methyl sites for hydroxylation is 1. The van der Waals surface area contributed by atoms with Crippen LogP contribution in [0.2, 0.25) is 0 Å². The van der Waals surface area contributed by atoms with Crippen molar-refractivity contribution >= 4 is 33.5 Å². The minimum Gasteiger partial charge on any atom is -0.367 e. The Labute approximate surface area is 175 Å². The molecule has 0 saturated carbocycles. The van der Waals surface area contributed by atoms with Gasteiger partial charge in [-0.2, -0.15) is 12.8 Å². The molecular formula is C20H26FN3O3S2. The van der Waals surface area contributed by atoms with Crippen LogP contribution in [0.3, 0.4) is 0 Å². The van der Waals surface area contributed by atoms with Crippen LogP contribution in [0.25, 0.3) is 0 Å². The summed E-state index contributed by atoms with van der Waals surface area (Å²) >= 11 is 1.35. The van der Waals surface area contributed by atoms with Gasteiger partial charge in [0.25, 0.3) is 5.91 Å². The van der Waals surface area contributed by atoms with E-state index in [-0.39, 0.29) is 12.0 Å². The normalized spacial score (nSPS) is 12.9. The molecule has 9 heteroatoms. The molecule has 0 bridgehead atoms. The molecule has 0 aromatic carbocycles. The number of halogens is 1. The average Bonchev–Trinajstić information content (AvgIpc) is 2.76. The highest BCUT2D eigenvalue weighted by atomic mass is 32.3. The summed E-state index contributed by atoms with van der Waals surface area (Å²) < 4.78 is 39.7. The van der Waals surface area contributed by atoms with E-state index in [4.69, 9.17) is 0 Å². The molecule has 0 fully saturated rings. The Hall–Kier alpha value is -2.52. The quantitative estimate of drug-likeness (QED) is 0.250. The minimum absolute atomic E-state index is 0.0692. The van der Waals surface area contributed by atoms with Crippen molar-refractivity contribution in [3.8, 4) is 0 Å². The van der Waals surface area contributed by atoms with Crippen molar-refractivity contribution in [3.63, 3.8) is 0 Å². The van der Waals surface area contributed by atoms with E-state index < -0.39 is 21.4 Å². The summed E-state index contributed by atoms with van der Waals surface area (Å²) in [6.07, 6.45) is 5.36. The van der Waals surface area contributed by atoms with Gasteiger partial charge in [-0.25, -0.2) is 0 Å². The number of carbonyl (C=O) groups is 1. The van der Waals surface area contributed by atoms with Crippen molar-refractivity contribution in [1.82, 2.24) is 9.69 Å². The highest BCUT2D eigenvalue weighted by Gasteiger charge is 2.20. The van der Waals surface area contributed by atoms with Gasteiger partial charge in [0.1, 0.15) is 11.1 Å². The first-order valence-electron chi connectivity index (χ1n) is 9.01. The Bertz CT molecular complexity index is 907. The van der Waals surface area contributed by atoms with Gasteiger partial charge in [0.05, 0.1) is 0 Å². The van der Waals surface area contributed by atoms with Crippen LogP contribution in [0.5, 0.6) is 0 Å². The second-order valence-corrected chi connectivity index (χ2v) is 8.48. The van der Waals surface area contributed by atoms with E-state index in [1.54, 1.807) is 6.92 Å². The van der Waals surface area contributed by atoms with E-state index in [0.717, 1.165) is 4.88 Å². The fourth-order valence-corrected chi connectivity index (χ4v) is 3.29. The van der Waals surface area contributed by atoms with Crippen molar-refractivity contribution in [1.29, 1.82) is 0 Å². The molecule has 1 atom stereocenters. The Morgan fingerprint density at radius 2 is 2.03 bits per heavy atom. The monoisotopic (exact) mass is 439 g/mol. The molecule has 0 spiro atoms. The highest BCUT2D eigenvalue weighted by Crippen LogP contribution is 2.11. The molecule has 2 N–H and O–H groups in total. The highest BCUT2D eigenvalue weighted by molar-refractivity contribution is 7.87. The number of carbonyl (C=O) groups excluding carboxylic acids is 1. The van der Waals surface area contributed by atoms with Gasteiger partial charge in [-0.15, -0.1) is 3.89 Å². The van der Waals surface area contributed by atoms with Crippen molar-refractivity contribution in [2.45, 2.75) is 25.5 Å². The first-order valence-corrected chi connectivity index (χ1v) is 11.2. The molecule has 29 heavy (non-hydrogen) atoms. The number of rotatable bonds is 10. The van der Waals surface area contributed by atoms with Gasteiger partial charge in [0.15, 0.2) is 0 Å². The topological polar surface area (TPSA) is 88.2 Å². The zero-order chi connectivity index (χ0) is 21.7. The minimum atomic E-state index is -4.71. The standard InChI is InChI=1S/C20H26FN3O3S2/c1-4-9-17(12-13-18(5-2)29(21,26)27)20(25)23-15-14-22-19-11-8-6-7-10-16(3)28-24-19/h4,6-13,18H,1,5,14-15H2,2-3H3,(H,22,24)(H,23,25)/b7-6?,11-8?,13-12-,16-10?,17-9+. The summed E-state index contributed by atoms with van der Waals surface area (Å²) in [5.41, 5.74) is 0.184. The molecular weight excluding hydrogens is 413 g/mol. The second kappa shape index (κ2) is 12.8. The molecule has 1 aromatic rings. The lowest BCUT2D eigenvalue weighted by Crippen LogP contribution is -2.29. The lowest BCUT2D eigenvalue weighted by Gasteiger charge is -2.08. The van der Waals surface area contributed by atoms with Crippen molar-refractivity contribution in [3.05, 3.63) is 71.7 Å². The smallest absolute Gasteiger partial charge is 0.308 e. The number of aromatic nitrogens is 1. The zero-order valence-corrected chi connectivity index (χ0v) is 18.1. The SMILES string of the molecule is C=C/C=C(\C=C/C(CC)S(=O)(=O)F)C(=O)NCCNc1cccccc(C)sn1. The second-order valence-electron chi connectivity index (χ2n) is 5.91. The van der Waals surface area contributed by atoms with Crippen LogP contribution in [0.1, 0.15) is 18.2 Å². The number of amides is 1. The van der Waals surface area contributed by atoms with E-state index in [1.165, 1.54) is 35.8 Å². The lowest BCUT2D eigenvalue weighted by atomic mass is 10.2. The molecule has 0 radical (unpaired) electrons. The first kappa shape index (κ1) is 24.5. The fraction of sp³-hybridized carbons (Fsp3) is 0.300. The van der Waals surface area contributed by atoms with Crippen LogP contribution in [0, 0.1) is 6.92 Å². The number of nitrogens with one attached hydrogen (secondary N) is 2. The summed E-state index contributed by atoms with van der Waals surface area (Å²) in [4.78, 5) is 13.4. The van der Waals surface area contributed by atoms with Gasteiger partial charge in [-0.1, -0.05) is 56.0 Å². The molecule has 1 amide bonds. The van der Waals surface area contributed by atoms with Crippen LogP contribution in [0.15, 0.2) is 66.8 Å². The summed E-state index contributed by atoms with van der Waals surface area (Å²) in [7, 11) is -4.71. The van der Waals surface area contributed by atoms with Crippen LogP contribution < -0.4 is 10.6 Å². The van der Waals surface area contributed by atoms with Crippen molar-refractivity contribution in [2.75, 3.05) is 18.4 Å². The van der Waals surface area contributed by atoms with Gasteiger partial charge >= 0.3 is 10.2 Å². The molecule has 0 aliphatic carbocycles. The molecule has 0 aliphatic rings. The molecule has 1 aromatic heterocycles. The summed E-state index contributed by atoms with van der Waals surface area (Å²) in [5, 5.41) is 4.55. The van der Waals surface area contributed by atoms with E-state index in [0.29, 0.717) is 18.9 Å². The number of anilines is 1. The van der Waals surface area contributed by atoms with Crippen LogP contribution in [-0.4, -0.2) is 37.0 Å². The molecule has 1 rings (SSSR count). The molecule has 1 heterocycles. The van der Waals surface area contributed by atoms with Crippen LogP contribution in [0.4, 0.5) is 9.70 Å². The summed E-state index contributed by atoms with van der Waals surface area (Å²) in [6.45, 7) is 7.79. The molecule has 158 valence electrons. The largest absolute Gasteiger partial charge is 0.367 e. The van der Waals surface area contributed by atoms with E-state index in [9.17, 15) is 17.1 Å². The summed E-state index contributed by atoms with van der Waals surface area (Å²) in [5.74, 6) is 0.251. The van der Waals surface area contributed by atoms with Crippen molar-refractivity contribution in [2.24, 2.45) is 0 Å². The van der Waals surface area contributed by atoms with Crippen LogP contribution >= 0.6 is 11.5 Å². The Balaban J connectivity index is 2.69. The van der Waals surface area contributed by atoms with Gasteiger partial charge in [0, 0.05) is 23.5 Å². The molecule has 6 nitrogen and oxygen atoms in total. The zero-order valence-electron chi connectivity index (χ0n) is 16.5. The lowest BCUT2D eigenvalue weighted by molar-refractivity contribution is -0.117. The number of nitrogens with zero attached hydrogens (tertiary/aromatic N) is 1. The number of hydrogen-bond donors (Lipinski definition) is 2. The van der Waals surface area contributed by atoms with Gasteiger partial charge in [-0.3, -0.25) is 4.79 Å². The molecule has 0 aliphatic heterocycles. The predicted molar refractivity (Wildman–Crippen MR) is 118 cm³/mol. The Morgan fingerprint density at radius 3 is 2.69 bits per heavy atom. The average molecular weight is 440 g/mol. The van der Waals surface area contributed by atoms with Gasteiger partial charge in [-0.05, 0) is 37.0 Å². The maximum atomic E-state index is 13.2. The van der Waals surface area contributed by atoms with E-state index >= 15 is 0 Å². The molecule has 0 saturated heterocycles. The maximum Gasteiger partial charge on any atom is 0.308 e. The number of allylic oxidation sites excluding steroid dienone is 2. The van der Waals surface area contributed by atoms with Crippen molar-refractivity contribution < 1.29 is 17.1 Å². The Morgan fingerprint density at radius 1 is 1.31 bits per heavy atom. The number of hydrogen-bond acceptors (Lipinski definition) is 6. The third kappa shape index (κ3) is 10.00. The molecule has 1 unspecified atom stereocenters. The summed E-state index contributed by atoms with van der Waals surface area (Å²) in [6, 6.07) is 9.47. The van der Waals surface area contributed by atoms with Crippen LogP contribution in [-0.2, 0) is 15.0 Å². The van der Waals surface area contributed by atoms with Gasteiger partial charge < -0.3 is 10.6 Å². The third-order valence-electron chi connectivity index (χ3n) is 3.63. The third-order valence-corrected chi connectivity index (χ3v) is 5.55.